The van der Waals surface area contributed by atoms with Crippen LogP contribution in [0.2, 0.25) is 0 Å². The number of rotatable bonds is 2. The van der Waals surface area contributed by atoms with Gasteiger partial charge in [0.25, 0.3) is 0 Å². The van der Waals surface area contributed by atoms with E-state index >= 15 is 0 Å². The van der Waals surface area contributed by atoms with Gasteiger partial charge in [0.15, 0.2) is 5.65 Å². The van der Waals surface area contributed by atoms with Gasteiger partial charge in [-0.1, -0.05) is 6.07 Å². The van der Waals surface area contributed by atoms with Crippen molar-refractivity contribution in [3.63, 3.8) is 0 Å². The minimum Gasteiger partial charge on any atom is -0.340 e. The number of H-pyrrole nitrogens is 2. The quantitative estimate of drug-likeness (QED) is 0.457. The number of nitrogens with one attached hydrogen (secondary N) is 3. The monoisotopic (exact) mass is 412 g/mol. The zero-order chi connectivity index (χ0) is 18.8. The maximum absolute atomic E-state index is 11.9. The first-order valence-corrected chi connectivity index (χ1v) is 9.53. The normalized spacial score (nSPS) is 21.1. The van der Waals surface area contributed by atoms with E-state index in [1.807, 2.05) is 18.2 Å². The molecule has 1 aromatic carbocycles. The topological polar surface area (TPSA) is 108 Å². The van der Waals surface area contributed by atoms with Gasteiger partial charge in [0.2, 0.25) is 5.95 Å². The molecule has 0 amide bonds. The van der Waals surface area contributed by atoms with Crippen molar-refractivity contribution < 1.29 is 0 Å². The van der Waals surface area contributed by atoms with Crippen molar-refractivity contribution in [2.45, 2.75) is 0 Å². The van der Waals surface area contributed by atoms with E-state index in [9.17, 15) is 4.79 Å². The molecule has 2 fully saturated rings. The molecule has 2 saturated heterocycles. The molecular formula is C19H21ClN8O. The number of nitrogens with zero attached hydrogens (tertiary/aromatic N) is 5. The van der Waals surface area contributed by atoms with Gasteiger partial charge in [0, 0.05) is 38.8 Å². The van der Waals surface area contributed by atoms with E-state index in [1.165, 1.54) is 0 Å². The Balaban J connectivity index is 0.00000181. The molecule has 3 aromatic heterocycles. The molecule has 10 heteroatoms. The van der Waals surface area contributed by atoms with Gasteiger partial charge in [-0.2, -0.15) is 4.98 Å². The molecule has 0 saturated carbocycles. The summed E-state index contributed by atoms with van der Waals surface area (Å²) in [7, 11) is 1.76. The molecule has 0 spiro atoms. The predicted molar refractivity (Wildman–Crippen MR) is 114 cm³/mol. The summed E-state index contributed by atoms with van der Waals surface area (Å²) in [6, 6.07) is 5.88. The summed E-state index contributed by atoms with van der Waals surface area (Å²) < 4.78 is 1.60. The highest BCUT2D eigenvalue weighted by Crippen LogP contribution is 2.32. The van der Waals surface area contributed by atoms with Crippen LogP contribution >= 0.6 is 12.4 Å². The SMILES string of the molecule is Cl.Cn1c(=O)[nH]c2cc(-c3nc(N4CC5CNCC5C4)nc4[nH]cnc34)ccc21. The first-order valence-electron chi connectivity index (χ1n) is 9.53. The molecule has 6 rings (SSSR count). The highest BCUT2D eigenvalue weighted by molar-refractivity contribution is 5.91. The van der Waals surface area contributed by atoms with E-state index < -0.39 is 0 Å². The Morgan fingerprint density at radius 1 is 1.14 bits per heavy atom. The van der Waals surface area contributed by atoms with E-state index in [-0.39, 0.29) is 18.1 Å². The number of fused-ring (bicyclic) bond motifs is 3. The van der Waals surface area contributed by atoms with Crippen molar-refractivity contribution in [2.75, 3.05) is 31.1 Å². The number of imidazole rings is 2. The number of benzene rings is 1. The van der Waals surface area contributed by atoms with E-state index in [4.69, 9.17) is 9.97 Å². The molecule has 0 radical (unpaired) electrons. The molecule has 2 unspecified atom stereocenters. The Labute approximate surface area is 172 Å². The average Bonchev–Trinajstić information content (AvgIpc) is 3.44. The Kier molecular flexibility index (Phi) is 4.11. The smallest absolute Gasteiger partial charge is 0.326 e. The molecule has 0 aliphatic carbocycles. The van der Waals surface area contributed by atoms with Crippen LogP contribution in [-0.2, 0) is 7.05 Å². The molecule has 2 aliphatic rings. The lowest BCUT2D eigenvalue weighted by molar-refractivity contribution is 0.533. The zero-order valence-electron chi connectivity index (χ0n) is 15.8. The van der Waals surface area contributed by atoms with Gasteiger partial charge in [0.05, 0.1) is 17.4 Å². The molecular weight excluding hydrogens is 392 g/mol. The van der Waals surface area contributed by atoms with Gasteiger partial charge in [-0.3, -0.25) is 4.57 Å². The zero-order valence-corrected chi connectivity index (χ0v) is 16.7. The molecule has 9 nitrogen and oxygen atoms in total. The Hall–Kier alpha value is -2.91. The van der Waals surface area contributed by atoms with Crippen molar-refractivity contribution in [2.24, 2.45) is 18.9 Å². The van der Waals surface area contributed by atoms with Crippen LogP contribution in [-0.4, -0.2) is 55.7 Å². The standard InChI is InChI=1S/C19H20N8O.ClH/c1-26-14-3-2-10(4-13(14)23-19(26)28)15-16-17(22-9-21-16)25-18(24-15)27-7-11-5-20-6-12(11)8-27;/h2-4,9,11-12,20H,5-8H2,1H3,(H,23,28)(H,21,22,24,25);1H. The van der Waals surface area contributed by atoms with Gasteiger partial charge in [-0.15, -0.1) is 12.4 Å². The Bertz CT molecular complexity index is 1260. The molecule has 2 atom stereocenters. The van der Waals surface area contributed by atoms with Crippen LogP contribution in [0.5, 0.6) is 0 Å². The van der Waals surface area contributed by atoms with Gasteiger partial charge < -0.3 is 20.2 Å². The maximum atomic E-state index is 11.9. The van der Waals surface area contributed by atoms with Crippen molar-refractivity contribution in [3.8, 4) is 11.3 Å². The van der Waals surface area contributed by atoms with E-state index in [0.29, 0.717) is 11.8 Å². The van der Waals surface area contributed by atoms with Crippen LogP contribution in [0.1, 0.15) is 0 Å². The van der Waals surface area contributed by atoms with E-state index in [2.05, 4.69) is 25.2 Å². The number of anilines is 1. The molecule has 5 heterocycles. The molecule has 3 N–H and O–H groups in total. The summed E-state index contributed by atoms with van der Waals surface area (Å²) in [4.78, 5) is 34.3. The largest absolute Gasteiger partial charge is 0.340 e. The van der Waals surface area contributed by atoms with Crippen LogP contribution in [0.4, 0.5) is 5.95 Å². The molecule has 0 bridgehead atoms. The van der Waals surface area contributed by atoms with Gasteiger partial charge >= 0.3 is 5.69 Å². The number of hydrogen-bond acceptors (Lipinski definition) is 6. The summed E-state index contributed by atoms with van der Waals surface area (Å²) in [6.07, 6.45) is 1.65. The van der Waals surface area contributed by atoms with Crippen LogP contribution in [0.25, 0.3) is 33.5 Å². The Morgan fingerprint density at radius 2 is 1.93 bits per heavy atom. The van der Waals surface area contributed by atoms with Crippen LogP contribution < -0.4 is 15.9 Å². The third-order valence-corrected chi connectivity index (χ3v) is 6.12. The lowest BCUT2D eigenvalue weighted by Gasteiger charge is -2.18. The average molecular weight is 413 g/mol. The van der Waals surface area contributed by atoms with Crippen molar-refractivity contribution >= 4 is 40.6 Å². The fourth-order valence-electron chi connectivity index (χ4n) is 4.57. The van der Waals surface area contributed by atoms with E-state index in [0.717, 1.165) is 65.6 Å². The summed E-state index contributed by atoms with van der Waals surface area (Å²) in [5.41, 5.74) is 4.69. The predicted octanol–water partition coefficient (Wildman–Crippen LogP) is 1.28. The van der Waals surface area contributed by atoms with Gasteiger partial charge in [0.1, 0.15) is 11.2 Å². The minimum atomic E-state index is -0.127. The van der Waals surface area contributed by atoms with Crippen LogP contribution in [0.15, 0.2) is 29.3 Å². The molecule has 2 aliphatic heterocycles. The third-order valence-electron chi connectivity index (χ3n) is 6.12. The summed E-state index contributed by atoms with van der Waals surface area (Å²) in [6.45, 7) is 4.08. The molecule has 29 heavy (non-hydrogen) atoms. The highest BCUT2D eigenvalue weighted by atomic mass is 35.5. The van der Waals surface area contributed by atoms with Crippen molar-refractivity contribution in [1.82, 2.24) is 34.8 Å². The number of halogens is 1. The molecule has 150 valence electrons. The summed E-state index contributed by atoms with van der Waals surface area (Å²) in [5.74, 6) is 2.06. The number of aromatic amines is 2. The fraction of sp³-hybridized carbons (Fsp3) is 0.368. The first kappa shape index (κ1) is 18.1. The van der Waals surface area contributed by atoms with Crippen molar-refractivity contribution in [3.05, 3.63) is 35.0 Å². The first-order chi connectivity index (χ1) is 13.7. The third kappa shape index (κ3) is 2.72. The van der Waals surface area contributed by atoms with E-state index in [1.54, 1.807) is 17.9 Å². The second-order valence-corrected chi connectivity index (χ2v) is 7.78. The minimum absolute atomic E-state index is 0. The highest BCUT2D eigenvalue weighted by Gasteiger charge is 2.37. The number of aryl methyl sites for hydroxylation is 1. The van der Waals surface area contributed by atoms with Gasteiger partial charge in [-0.25, -0.2) is 14.8 Å². The number of hydrogen-bond donors (Lipinski definition) is 3. The maximum Gasteiger partial charge on any atom is 0.326 e. The number of aromatic nitrogens is 6. The van der Waals surface area contributed by atoms with Crippen LogP contribution in [0, 0.1) is 11.8 Å². The van der Waals surface area contributed by atoms with Gasteiger partial charge in [-0.05, 0) is 24.0 Å². The molecule has 4 aromatic rings. The second-order valence-electron chi connectivity index (χ2n) is 7.78. The lowest BCUT2D eigenvalue weighted by Crippen LogP contribution is -2.27. The second kappa shape index (κ2) is 6.57. The fourth-order valence-corrected chi connectivity index (χ4v) is 4.57. The lowest BCUT2D eigenvalue weighted by atomic mass is 10.0. The van der Waals surface area contributed by atoms with Crippen LogP contribution in [0.3, 0.4) is 0 Å². The Morgan fingerprint density at radius 3 is 2.72 bits per heavy atom. The van der Waals surface area contributed by atoms with Crippen molar-refractivity contribution in [1.29, 1.82) is 0 Å². The summed E-state index contributed by atoms with van der Waals surface area (Å²) >= 11 is 0. The summed E-state index contributed by atoms with van der Waals surface area (Å²) in [5, 5.41) is 3.47.